The van der Waals surface area contributed by atoms with Gasteiger partial charge in [0.05, 0.1) is 7.11 Å². The summed E-state index contributed by atoms with van der Waals surface area (Å²) in [6.45, 7) is 0.478. The van der Waals surface area contributed by atoms with Crippen LogP contribution in [-0.4, -0.2) is 25.9 Å². The van der Waals surface area contributed by atoms with Gasteiger partial charge in [-0.3, -0.25) is 0 Å². The first kappa shape index (κ1) is 14.6. The fourth-order valence-electron chi connectivity index (χ4n) is 1.49. The quantitative estimate of drug-likeness (QED) is 0.887. The Morgan fingerprint density at radius 1 is 1.28 bits per heavy atom. The van der Waals surface area contributed by atoms with E-state index in [9.17, 15) is 13.2 Å². The van der Waals surface area contributed by atoms with Crippen LogP contribution in [0.5, 0.6) is 11.5 Å². The van der Waals surface area contributed by atoms with Gasteiger partial charge in [-0.05, 0) is 31.0 Å². The summed E-state index contributed by atoms with van der Waals surface area (Å²) in [7, 11) is 1.38. The topological polar surface area (TPSA) is 44.5 Å². The molecule has 0 saturated carbocycles. The minimum Gasteiger partial charge on any atom is -0.493 e. The zero-order valence-corrected chi connectivity index (χ0v) is 10.3. The molecule has 3 nitrogen and oxygen atoms in total. The summed E-state index contributed by atoms with van der Waals surface area (Å²) in [5.74, 6) is 0.348. The van der Waals surface area contributed by atoms with Crippen LogP contribution in [0.25, 0.3) is 0 Å². The summed E-state index contributed by atoms with van der Waals surface area (Å²) in [6.07, 6.45) is -3.81. The third-order valence-electron chi connectivity index (χ3n) is 2.18. The molecule has 1 rings (SSSR count). The van der Waals surface area contributed by atoms with Crippen LogP contribution in [0.1, 0.15) is 12.5 Å². The molecule has 1 aromatic carbocycles. The highest BCUT2D eigenvalue weighted by molar-refractivity contribution is 5.43. The lowest BCUT2D eigenvalue weighted by Crippen LogP contribution is -2.20. The Kier molecular flexibility index (Phi) is 4.84. The lowest BCUT2D eigenvalue weighted by Gasteiger charge is -2.14. The highest BCUT2D eigenvalue weighted by atomic mass is 19.4. The average molecular weight is 263 g/mol. The summed E-state index contributed by atoms with van der Waals surface area (Å²) in [6, 6.07) is 4.77. The predicted molar refractivity (Wildman–Crippen MR) is 61.9 cm³/mol. The summed E-state index contributed by atoms with van der Waals surface area (Å²) < 4.78 is 46.0. The molecule has 0 aliphatic carbocycles. The Morgan fingerprint density at radius 2 is 1.94 bits per heavy atom. The number of benzene rings is 1. The summed E-state index contributed by atoms with van der Waals surface area (Å²) in [4.78, 5) is 0. The lowest BCUT2D eigenvalue weighted by molar-refractivity contribution is -0.153. The number of hydrogen-bond donors (Lipinski definition) is 1. The second kappa shape index (κ2) is 5.95. The molecule has 1 unspecified atom stereocenters. The van der Waals surface area contributed by atoms with Gasteiger partial charge in [-0.2, -0.15) is 13.2 Å². The van der Waals surface area contributed by atoms with Crippen molar-refractivity contribution in [3.8, 4) is 11.5 Å². The van der Waals surface area contributed by atoms with Crippen LogP contribution >= 0.6 is 0 Å². The molecule has 0 amide bonds. The molecule has 0 aliphatic rings. The van der Waals surface area contributed by atoms with Gasteiger partial charge in [0.1, 0.15) is 0 Å². The maximum absolute atomic E-state index is 12.1. The zero-order chi connectivity index (χ0) is 13.8. The van der Waals surface area contributed by atoms with E-state index in [1.54, 1.807) is 12.1 Å². The van der Waals surface area contributed by atoms with Gasteiger partial charge in [0.15, 0.2) is 18.1 Å². The number of nitrogens with two attached hydrogens (primary N) is 1. The third-order valence-corrected chi connectivity index (χ3v) is 2.18. The van der Waals surface area contributed by atoms with Crippen molar-refractivity contribution >= 4 is 0 Å². The van der Waals surface area contributed by atoms with E-state index in [2.05, 4.69) is 0 Å². The molecular formula is C12H16F3NO2. The largest absolute Gasteiger partial charge is 0.493 e. The molecule has 0 aliphatic heterocycles. The minimum atomic E-state index is -4.37. The van der Waals surface area contributed by atoms with Gasteiger partial charge < -0.3 is 15.2 Å². The van der Waals surface area contributed by atoms with Gasteiger partial charge in [-0.15, -0.1) is 0 Å². The second-order valence-corrected chi connectivity index (χ2v) is 4.07. The van der Waals surface area contributed by atoms with E-state index in [4.69, 9.17) is 15.2 Å². The van der Waals surface area contributed by atoms with Crippen molar-refractivity contribution in [2.24, 2.45) is 5.73 Å². The fraction of sp³-hybridized carbons (Fsp3) is 0.500. The van der Waals surface area contributed by atoms with Gasteiger partial charge in [0.2, 0.25) is 0 Å². The Balaban J connectivity index is 2.85. The van der Waals surface area contributed by atoms with E-state index >= 15 is 0 Å². The van der Waals surface area contributed by atoms with Crippen molar-refractivity contribution in [2.45, 2.75) is 25.6 Å². The normalized spacial score (nSPS) is 13.2. The van der Waals surface area contributed by atoms with E-state index in [1.807, 2.05) is 6.92 Å². The molecule has 0 heterocycles. The highest BCUT2D eigenvalue weighted by Crippen LogP contribution is 2.30. The van der Waals surface area contributed by atoms with Crippen LogP contribution in [0.2, 0.25) is 0 Å². The Bertz CT molecular complexity index is 391. The molecule has 1 atom stereocenters. The molecule has 0 bridgehead atoms. The third kappa shape index (κ3) is 4.83. The zero-order valence-electron chi connectivity index (χ0n) is 10.3. The van der Waals surface area contributed by atoms with Gasteiger partial charge in [0.25, 0.3) is 0 Å². The number of methoxy groups -OCH3 is 1. The van der Waals surface area contributed by atoms with Crippen molar-refractivity contribution in [2.75, 3.05) is 13.7 Å². The molecule has 0 fully saturated rings. The molecule has 6 heteroatoms. The first-order valence-electron chi connectivity index (χ1n) is 5.44. The number of rotatable bonds is 5. The van der Waals surface area contributed by atoms with Crippen LogP contribution < -0.4 is 15.2 Å². The summed E-state index contributed by atoms with van der Waals surface area (Å²) in [5.41, 5.74) is 6.44. The molecule has 0 radical (unpaired) electrons. The second-order valence-electron chi connectivity index (χ2n) is 4.07. The fourth-order valence-corrected chi connectivity index (χ4v) is 1.49. The number of alkyl halides is 3. The predicted octanol–water partition coefficient (Wildman–Crippen LogP) is 2.53. The standard InChI is InChI=1S/C12H16F3NO2/c1-8(16)5-9-3-4-10(17-2)11(6-9)18-7-12(13,14)15/h3-4,6,8H,5,7,16H2,1-2H3. The number of hydrogen-bond acceptors (Lipinski definition) is 3. The summed E-state index contributed by atoms with van der Waals surface area (Å²) >= 11 is 0. The average Bonchev–Trinajstić information content (AvgIpc) is 2.25. The van der Waals surface area contributed by atoms with Gasteiger partial charge in [0, 0.05) is 6.04 Å². The molecule has 0 spiro atoms. The van der Waals surface area contributed by atoms with Crippen molar-refractivity contribution in [3.63, 3.8) is 0 Å². The van der Waals surface area contributed by atoms with E-state index in [1.165, 1.54) is 13.2 Å². The first-order chi connectivity index (χ1) is 8.31. The Labute approximate surface area is 104 Å². The molecule has 0 saturated heterocycles. The van der Waals surface area contributed by atoms with Crippen molar-refractivity contribution < 1.29 is 22.6 Å². The SMILES string of the molecule is COc1ccc(CC(C)N)cc1OCC(F)(F)F. The van der Waals surface area contributed by atoms with Crippen molar-refractivity contribution in [1.82, 2.24) is 0 Å². The Morgan fingerprint density at radius 3 is 2.44 bits per heavy atom. The minimum absolute atomic E-state index is 0.0751. The molecule has 18 heavy (non-hydrogen) atoms. The summed E-state index contributed by atoms with van der Waals surface area (Å²) in [5, 5.41) is 0. The molecule has 1 aromatic rings. The molecule has 2 N–H and O–H groups in total. The molecule has 0 aromatic heterocycles. The molecular weight excluding hydrogens is 247 g/mol. The smallest absolute Gasteiger partial charge is 0.422 e. The van der Waals surface area contributed by atoms with E-state index in [0.717, 1.165) is 5.56 Å². The number of halogens is 3. The first-order valence-corrected chi connectivity index (χ1v) is 5.44. The van der Waals surface area contributed by atoms with E-state index in [0.29, 0.717) is 6.42 Å². The van der Waals surface area contributed by atoms with Gasteiger partial charge >= 0.3 is 6.18 Å². The van der Waals surface area contributed by atoms with E-state index < -0.39 is 12.8 Å². The van der Waals surface area contributed by atoms with Crippen molar-refractivity contribution in [1.29, 1.82) is 0 Å². The van der Waals surface area contributed by atoms with Crippen LogP contribution in [-0.2, 0) is 6.42 Å². The Hall–Kier alpha value is -1.43. The number of ether oxygens (including phenoxy) is 2. The van der Waals surface area contributed by atoms with Crippen LogP contribution in [0, 0.1) is 0 Å². The highest BCUT2D eigenvalue weighted by Gasteiger charge is 2.29. The van der Waals surface area contributed by atoms with Crippen LogP contribution in [0.3, 0.4) is 0 Å². The lowest BCUT2D eigenvalue weighted by atomic mass is 10.1. The van der Waals surface area contributed by atoms with E-state index in [-0.39, 0.29) is 17.5 Å². The van der Waals surface area contributed by atoms with Crippen LogP contribution in [0.15, 0.2) is 18.2 Å². The maximum atomic E-state index is 12.1. The monoisotopic (exact) mass is 263 g/mol. The maximum Gasteiger partial charge on any atom is 0.422 e. The van der Waals surface area contributed by atoms with Gasteiger partial charge in [-0.25, -0.2) is 0 Å². The molecule has 102 valence electrons. The van der Waals surface area contributed by atoms with Crippen LogP contribution in [0.4, 0.5) is 13.2 Å². The van der Waals surface area contributed by atoms with Gasteiger partial charge in [-0.1, -0.05) is 6.07 Å². The van der Waals surface area contributed by atoms with Crippen molar-refractivity contribution in [3.05, 3.63) is 23.8 Å².